The molecule has 0 saturated carbocycles. The molecule has 1 N–H and O–H groups in total. The van der Waals surface area contributed by atoms with Crippen molar-refractivity contribution in [3.63, 3.8) is 0 Å². The molecule has 0 bridgehead atoms. The van der Waals surface area contributed by atoms with Crippen LogP contribution in [-0.2, 0) is 4.79 Å². The van der Waals surface area contributed by atoms with Gasteiger partial charge in [0.15, 0.2) is 0 Å². The fraction of sp³-hybridized carbons (Fsp3) is 0.118. The first-order valence-electron chi connectivity index (χ1n) is 6.93. The number of carbonyl (C=O) groups excluding carboxylic acids is 1. The first-order valence-corrected chi connectivity index (χ1v) is 7.91. The highest BCUT2D eigenvalue weighted by molar-refractivity contribution is 8.00. The Morgan fingerprint density at radius 2 is 1.91 bits per heavy atom. The minimum absolute atomic E-state index is 0.0276. The summed E-state index contributed by atoms with van der Waals surface area (Å²) < 4.78 is 0. The molecule has 3 rings (SSSR count). The number of carbonyl (C=O) groups is 1. The van der Waals surface area contributed by atoms with Crippen LogP contribution in [0.3, 0.4) is 0 Å². The van der Waals surface area contributed by atoms with E-state index in [1.807, 2.05) is 55.5 Å². The number of hydrogen-bond acceptors (Lipinski definition) is 4. The molecular weight excluding hydrogens is 294 g/mol. The molecule has 1 heterocycles. The maximum atomic E-state index is 12.1. The lowest BCUT2D eigenvalue weighted by molar-refractivity contribution is -0.113. The minimum Gasteiger partial charge on any atom is -0.325 e. The van der Waals surface area contributed by atoms with Crippen molar-refractivity contribution in [2.24, 2.45) is 0 Å². The van der Waals surface area contributed by atoms with E-state index < -0.39 is 0 Å². The summed E-state index contributed by atoms with van der Waals surface area (Å²) in [7, 11) is 0. The van der Waals surface area contributed by atoms with Crippen LogP contribution in [-0.4, -0.2) is 21.9 Å². The molecule has 0 atom stereocenters. The van der Waals surface area contributed by atoms with Gasteiger partial charge in [0, 0.05) is 16.0 Å². The molecule has 110 valence electrons. The Kier molecular flexibility index (Phi) is 4.34. The van der Waals surface area contributed by atoms with Crippen LogP contribution in [0.1, 0.15) is 5.56 Å². The third kappa shape index (κ3) is 3.26. The maximum Gasteiger partial charge on any atom is 0.234 e. The van der Waals surface area contributed by atoms with Gasteiger partial charge in [-0.3, -0.25) is 4.79 Å². The van der Waals surface area contributed by atoms with Crippen LogP contribution in [0.4, 0.5) is 5.69 Å². The van der Waals surface area contributed by atoms with E-state index >= 15 is 0 Å². The van der Waals surface area contributed by atoms with Gasteiger partial charge in [-0.15, -0.1) is 11.8 Å². The van der Waals surface area contributed by atoms with Crippen molar-refractivity contribution in [2.45, 2.75) is 11.8 Å². The summed E-state index contributed by atoms with van der Waals surface area (Å²) in [5.41, 5.74) is 2.74. The monoisotopic (exact) mass is 309 g/mol. The van der Waals surface area contributed by atoms with Crippen molar-refractivity contribution >= 4 is 34.3 Å². The van der Waals surface area contributed by atoms with Gasteiger partial charge < -0.3 is 5.32 Å². The number of amides is 1. The van der Waals surface area contributed by atoms with Crippen LogP contribution in [0.25, 0.3) is 10.9 Å². The van der Waals surface area contributed by atoms with Gasteiger partial charge in [0.25, 0.3) is 0 Å². The van der Waals surface area contributed by atoms with Crippen LogP contribution in [0.2, 0.25) is 0 Å². The number of anilines is 1. The van der Waals surface area contributed by atoms with Crippen molar-refractivity contribution < 1.29 is 4.79 Å². The lowest BCUT2D eigenvalue weighted by Crippen LogP contribution is -2.14. The Morgan fingerprint density at radius 1 is 1.14 bits per heavy atom. The Balaban J connectivity index is 1.69. The van der Waals surface area contributed by atoms with Crippen LogP contribution < -0.4 is 5.32 Å². The Hall–Kier alpha value is -2.40. The van der Waals surface area contributed by atoms with E-state index in [1.165, 1.54) is 11.8 Å². The second-order valence-corrected chi connectivity index (χ2v) is 5.89. The van der Waals surface area contributed by atoms with E-state index in [0.717, 1.165) is 27.0 Å². The van der Waals surface area contributed by atoms with Crippen molar-refractivity contribution in [3.05, 3.63) is 60.3 Å². The number of para-hydroxylation sites is 1. The Morgan fingerprint density at radius 3 is 2.77 bits per heavy atom. The molecule has 5 heteroatoms. The number of rotatable bonds is 4. The molecule has 0 spiro atoms. The highest BCUT2D eigenvalue weighted by Gasteiger charge is 2.08. The average molecular weight is 309 g/mol. The first-order chi connectivity index (χ1) is 10.7. The van der Waals surface area contributed by atoms with E-state index in [9.17, 15) is 4.79 Å². The summed E-state index contributed by atoms with van der Waals surface area (Å²) in [6.45, 7) is 1.98. The summed E-state index contributed by atoms with van der Waals surface area (Å²) in [4.78, 5) is 13.1. The van der Waals surface area contributed by atoms with Crippen LogP contribution in [0.15, 0.2) is 59.6 Å². The molecule has 1 amide bonds. The highest BCUT2D eigenvalue weighted by Crippen LogP contribution is 2.25. The number of benzene rings is 2. The summed E-state index contributed by atoms with van der Waals surface area (Å²) in [5.74, 6) is 0.310. The predicted octanol–water partition coefficient (Wildman–Crippen LogP) is 3.67. The summed E-state index contributed by atoms with van der Waals surface area (Å²) >= 11 is 1.47. The summed E-state index contributed by atoms with van der Waals surface area (Å²) in [6, 6.07) is 15.5. The zero-order chi connectivity index (χ0) is 15.4. The number of nitrogens with one attached hydrogen (secondary N) is 1. The quantitative estimate of drug-likeness (QED) is 0.747. The van der Waals surface area contributed by atoms with Crippen LogP contribution >= 0.6 is 11.8 Å². The van der Waals surface area contributed by atoms with Crippen molar-refractivity contribution in [3.8, 4) is 0 Å². The standard InChI is InChI=1S/C17H15N3OS/c1-12-6-2-4-8-14(12)19-17(21)11-22-16-10-18-20-15-9-5-3-7-13(15)16/h2-10H,11H2,1H3,(H,19,21). The lowest BCUT2D eigenvalue weighted by Gasteiger charge is -2.08. The number of hydrogen-bond donors (Lipinski definition) is 1. The molecule has 3 aromatic rings. The van der Waals surface area contributed by atoms with Crippen LogP contribution in [0, 0.1) is 6.92 Å². The smallest absolute Gasteiger partial charge is 0.234 e. The molecule has 1 aromatic heterocycles. The highest BCUT2D eigenvalue weighted by atomic mass is 32.2. The second kappa shape index (κ2) is 6.58. The molecule has 0 unspecified atom stereocenters. The number of nitrogens with zero attached hydrogens (tertiary/aromatic N) is 2. The van der Waals surface area contributed by atoms with E-state index in [4.69, 9.17) is 0 Å². The third-order valence-electron chi connectivity index (χ3n) is 3.29. The molecule has 4 nitrogen and oxygen atoms in total. The number of aromatic nitrogens is 2. The van der Waals surface area contributed by atoms with E-state index in [2.05, 4.69) is 15.5 Å². The van der Waals surface area contributed by atoms with Crippen molar-refractivity contribution in [2.75, 3.05) is 11.1 Å². The Labute approximate surface area is 133 Å². The maximum absolute atomic E-state index is 12.1. The lowest BCUT2D eigenvalue weighted by atomic mass is 10.2. The minimum atomic E-state index is -0.0276. The Bertz CT molecular complexity index is 814. The summed E-state index contributed by atoms with van der Waals surface area (Å²) in [6.07, 6.45) is 1.70. The van der Waals surface area contributed by atoms with Crippen molar-refractivity contribution in [1.29, 1.82) is 0 Å². The number of thioether (sulfide) groups is 1. The molecule has 0 aliphatic heterocycles. The van der Waals surface area contributed by atoms with Gasteiger partial charge in [0.1, 0.15) is 0 Å². The molecule has 0 radical (unpaired) electrons. The fourth-order valence-corrected chi connectivity index (χ4v) is 2.95. The van der Waals surface area contributed by atoms with Gasteiger partial charge >= 0.3 is 0 Å². The largest absolute Gasteiger partial charge is 0.325 e. The molecule has 22 heavy (non-hydrogen) atoms. The number of fused-ring (bicyclic) bond motifs is 1. The van der Waals surface area contributed by atoms with Gasteiger partial charge in [-0.2, -0.15) is 10.2 Å². The van der Waals surface area contributed by atoms with Gasteiger partial charge in [-0.25, -0.2) is 0 Å². The van der Waals surface area contributed by atoms with Crippen LogP contribution in [0.5, 0.6) is 0 Å². The predicted molar refractivity (Wildman–Crippen MR) is 90.1 cm³/mol. The zero-order valence-corrected chi connectivity index (χ0v) is 12.9. The van der Waals surface area contributed by atoms with Crippen molar-refractivity contribution in [1.82, 2.24) is 10.2 Å². The van der Waals surface area contributed by atoms with Gasteiger partial charge in [-0.1, -0.05) is 36.4 Å². The molecule has 0 fully saturated rings. The SMILES string of the molecule is Cc1ccccc1NC(=O)CSc1cnnc2ccccc12. The number of aryl methyl sites for hydroxylation is 1. The summed E-state index contributed by atoms with van der Waals surface area (Å²) in [5, 5.41) is 12.0. The van der Waals surface area contributed by atoms with Gasteiger partial charge in [0.2, 0.25) is 5.91 Å². The van der Waals surface area contributed by atoms with Gasteiger partial charge in [-0.05, 0) is 24.6 Å². The zero-order valence-electron chi connectivity index (χ0n) is 12.1. The van der Waals surface area contributed by atoms with E-state index in [1.54, 1.807) is 6.20 Å². The van der Waals surface area contributed by atoms with E-state index in [-0.39, 0.29) is 5.91 Å². The normalized spacial score (nSPS) is 10.6. The molecule has 0 aliphatic rings. The average Bonchev–Trinajstić information content (AvgIpc) is 2.55. The third-order valence-corrected chi connectivity index (χ3v) is 4.33. The molecule has 2 aromatic carbocycles. The molecule has 0 saturated heterocycles. The molecular formula is C17H15N3OS. The first kappa shape index (κ1) is 14.5. The fourth-order valence-electron chi connectivity index (χ4n) is 2.14. The van der Waals surface area contributed by atoms with Gasteiger partial charge in [0.05, 0.1) is 17.5 Å². The second-order valence-electron chi connectivity index (χ2n) is 4.88. The topological polar surface area (TPSA) is 54.9 Å². The molecule has 0 aliphatic carbocycles. The van der Waals surface area contributed by atoms with E-state index in [0.29, 0.717) is 5.75 Å².